The second-order valence-corrected chi connectivity index (χ2v) is 19.1. The Hall–Kier alpha value is -0.422. The van der Waals surface area contributed by atoms with Crippen LogP contribution in [0.25, 0.3) is 0 Å². The van der Waals surface area contributed by atoms with E-state index in [2.05, 4.69) is 4.18 Å². The van der Waals surface area contributed by atoms with Gasteiger partial charge in [-0.2, -0.15) is 0 Å². The van der Waals surface area contributed by atoms with Crippen molar-refractivity contribution in [3.8, 4) is 0 Å². The summed E-state index contributed by atoms with van der Waals surface area (Å²) in [4.78, 5) is 11.6. The van der Waals surface area contributed by atoms with Crippen LogP contribution in [-0.4, -0.2) is 133 Å². The van der Waals surface area contributed by atoms with Gasteiger partial charge in [-0.25, -0.2) is 0 Å². The molecular formula is C17H33AsO14S. The topological polar surface area (TPSA) is 233 Å². The van der Waals surface area contributed by atoms with E-state index < -0.39 is 92.5 Å². The van der Waals surface area contributed by atoms with Gasteiger partial charge in [0.05, 0.1) is 0 Å². The standard InChI is InChI=1S/C17H33AsO14S/c1-18(2,3-10(16(24)25)6-29-7-11(20)5-19)4-13-14(22)15(23)17(32-13)30-8-12(21)9-31-33(26,27)28/h10-15,17,19-23H,3-9H2,1-2H3,(H-,24,25,26,27,28)/t10?,11?,12?,13-,14?,15?,17-/m1/s1. The average Bonchev–Trinajstić information content (AvgIpc) is 2.96. The molecule has 0 aliphatic carbocycles. The van der Waals surface area contributed by atoms with Gasteiger partial charge in [0.25, 0.3) is 0 Å². The van der Waals surface area contributed by atoms with Crippen LogP contribution in [0.1, 0.15) is 0 Å². The first-order valence-corrected chi connectivity index (χ1v) is 17.7. The molecule has 1 fully saturated rings. The molecule has 0 amide bonds. The van der Waals surface area contributed by atoms with E-state index in [0.29, 0.717) is 5.21 Å². The number of hydrogen-bond acceptors (Lipinski definition) is 13. The van der Waals surface area contributed by atoms with Gasteiger partial charge >= 0.3 is 194 Å². The Bertz CT molecular complexity index is 704. The third-order valence-corrected chi connectivity index (χ3v) is 11.0. The van der Waals surface area contributed by atoms with Gasteiger partial charge in [0.15, 0.2) is 0 Å². The Morgan fingerprint density at radius 1 is 1.09 bits per heavy atom. The van der Waals surface area contributed by atoms with Gasteiger partial charge < -0.3 is 0 Å². The van der Waals surface area contributed by atoms with Gasteiger partial charge in [-0.05, 0) is 0 Å². The molecule has 14 nitrogen and oxygen atoms in total. The van der Waals surface area contributed by atoms with E-state index in [1.807, 2.05) is 11.4 Å². The molecule has 16 heteroatoms. The molecule has 196 valence electrons. The van der Waals surface area contributed by atoms with Crippen molar-refractivity contribution in [2.45, 2.75) is 58.6 Å². The summed E-state index contributed by atoms with van der Waals surface area (Å²) in [5, 5.41) is 58.2. The van der Waals surface area contributed by atoms with Gasteiger partial charge in [-0.1, -0.05) is 0 Å². The molecule has 0 aromatic heterocycles. The van der Waals surface area contributed by atoms with E-state index in [-0.39, 0.29) is 18.4 Å². The van der Waals surface area contributed by atoms with Crippen LogP contribution in [0.4, 0.5) is 0 Å². The molecule has 0 bridgehead atoms. The molecular weight excluding hydrogens is 535 g/mol. The summed E-state index contributed by atoms with van der Waals surface area (Å²) in [7, 11) is -4.99. The molecule has 1 aliphatic rings. The van der Waals surface area contributed by atoms with Crippen LogP contribution in [0.5, 0.6) is 0 Å². The summed E-state index contributed by atoms with van der Waals surface area (Å²) in [5.41, 5.74) is 3.80. The summed E-state index contributed by atoms with van der Waals surface area (Å²) in [5.74, 6) is -1.96. The average molecular weight is 568 g/mol. The fourth-order valence-corrected chi connectivity index (χ4v) is 9.55. The number of rotatable bonds is 16. The van der Waals surface area contributed by atoms with Crippen LogP contribution >= 0.6 is 0 Å². The first kappa shape index (κ1) is 30.6. The predicted molar refractivity (Wildman–Crippen MR) is 110 cm³/mol. The zero-order valence-corrected chi connectivity index (χ0v) is 21.0. The SMILES string of the molecule is C[As+](C)(CC(COCC(O)CO)C(=O)O)C[C@H]1O[C@@H](OCC(O)COS(=O)(=O)[O-])C(O)C1O. The first-order chi connectivity index (χ1) is 15.1. The van der Waals surface area contributed by atoms with Crippen molar-refractivity contribution in [1.29, 1.82) is 0 Å². The summed E-state index contributed by atoms with van der Waals surface area (Å²) in [6.45, 7) is -2.28. The fraction of sp³-hybridized carbons (Fsp3) is 0.941. The number of carboxylic acids is 1. The molecule has 0 aromatic rings. The molecule has 1 saturated heterocycles. The molecule has 0 saturated carbocycles. The van der Waals surface area contributed by atoms with Crippen molar-refractivity contribution in [2.24, 2.45) is 5.92 Å². The van der Waals surface area contributed by atoms with E-state index >= 15 is 0 Å². The van der Waals surface area contributed by atoms with Crippen LogP contribution in [0.2, 0.25) is 21.8 Å². The summed E-state index contributed by atoms with van der Waals surface area (Å²) in [6.07, 6.45) is -7.63. The van der Waals surface area contributed by atoms with Crippen LogP contribution in [-0.2, 0) is 33.6 Å². The zero-order valence-electron chi connectivity index (χ0n) is 18.3. The molecule has 1 aliphatic heterocycles. The van der Waals surface area contributed by atoms with Crippen molar-refractivity contribution in [2.75, 3.05) is 33.0 Å². The maximum atomic E-state index is 11.6. The molecule has 1 heterocycles. The van der Waals surface area contributed by atoms with Crippen molar-refractivity contribution >= 4 is 29.9 Å². The normalized spacial score (nSPS) is 26.8. The van der Waals surface area contributed by atoms with Gasteiger partial charge in [-0.3, -0.25) is 0 Å². The van der Waals surface area contributed by atoms with Crippen molar-refractivity contribution in [3.63, 3.8) is 0 Å². The zero-order chi connectivity index (χ0) is 25.4. The Labute approximate surface area is 194 Å². The number of carboxylic acid groups (broad SMARTS) is 1. The number of carbonyl (C=O) groups is 1. The van der Waals surface area contributed by atoms with E-state index in [0.717, 1.165) is 0 Å². The first-order valence-electron chi connectivity index (χ1n) is 9.98. The van der Waals surface area contributed by atoms with E-state index in [9.17, 15) is 43.3 Å². The Morgan fingerprint density at radius 2 is 1.73 bits per heavy atom. The van der Waals surface area contributed by atoms with E-state index in [1.165, 1.54) is 0 Å². The van der Waals surface area contributed by atoms with Gasteiger partial charge in [0, 0.05) is 0 Å². The third-order valence-electron chi connectivity index (χ3n) is 4.75. The number of aliphatic hydroxyl groups excluding tert-OH is 5. The molecule has 0 aromatic carbocycles. The molecule has 1 rings (SSSR count). The molecule has 0 spiro atoms. The predicted octanol–water partition coefficient (Wildman–Crippen LogP) is -2.93. The quantitative estimate of drug-likeness (QED) is 0.0622. The minimum atomic E-state index is -4.99. The summed E-state index contributed by atoms with van der Waals surface area (Å²) in [6, 6.07) is 0. The monoisotopic (exact) mass is 568 g/mol. The molecule has 33 heavy (non-hydrogen) atoms. The third kappa shape index (κ3) is 11.7. The summed E-state index contributed by atoms with van der Waals surface area (Å²) < 4.78 is 51.0. The van der Waals surface area contributed by atoms with E-state index in [1.54, 1.807) is 0 Å². The molecule has 5 unspecified atom stereocenters. The second-order valence-electron chi connectivity index (χ2n) is 8.41. The minimum absolute atomic E-state index is 0.168. The number of aliphatic carboxylic acids is 1. The van der Waals surface area contributed by atoms with Crippen molar-refractivity contribution in [3.05, 3.63) is 0 Å². The fourth-order valence-electron chi connectivity index (χ4n) is 3.18. The maximum absolute atomic E-state index is 11.6. The summed E-state index contributed by atoms with van der Waals surface area (Å²) >= 11 is -2.74. The van der Waals surface area contributed by atoms with Crippen LogP contribution in [0.15, 0.2) is 0 Å². The van der Waals surface area contributed by atoms with Gasteiger partial charge in [-0.15, -0.1) is 0 Å². The molecule has 7 atom stereocenters. The van der Waals surface area contributed by atoms with Crippen LogP contribution in [0, 0.1) is 5.92 Å². The van der Waals surface area contributed by atoms with Gasteiger partial charge in [0.2, 0.25) is 0 Å². The second kappa shape index (κ2) is 13.6. The van der Waals surface area contributed by atoms with Crippen molar-refractivity contribution in [1.82, 2.24) is 0 Å². The number of ether oxygens (including phenoxy) is 3. The number of aliphatic hydroxyl groups is 5. The number of hydrogen-bond donors (Lipinski definition) is 6. The Morgan fingerprint density at radius 3 is 2.27 bits per heavy atom. The van der Waals surface area contributed by atoms with Crippen LogP contribution in [0.3, 0.4) is 0 Å². The van der Waals surface area contributed by atoms with E-state index in [4.69, 9.17) is 19.3 Å². The Balaban J connectivity index is 2.59. The Kier molecular flexibility index (Phi) is 12.6. The van der Waals surface area contributed by atoms with Crippen LogP contribution < -0.4 is 0 Å². The van der Waals surface area contributed by atoms with Crippen molar-refractivity contribution < 1.29 is 66.8 Å². The molecule has 6 N–H and O–H groups in total. The van der Waals surface area contributed by atoms with Gasteiger partial charge in [0.1, 0.15) is 0 Å². The molecule has 0 radical (unpaired) electrons.